The van der Waals surface area contributed by atoms with Crippen molar-refractivity contribution in [1.29, 1.82) is 0 Å². The van der Waals surface area contributed by atoms with Crippen LogP contribution in [0.1, 0.15) is 19.4 Å². The molecule has 2 aromatic rings. The van der Waals surface area contributed by atoms with Gasteiger partial charge < -0.3 is 15.2 Å². The zero-order valence-corrected chi connectivity index (χ0v) is 11.6. The first kappa shape index (κ1) is 14.2. The molecule has 106 valence electrons. The molecule has 0 aromatic heterocycles. The highest BCUT2D eigenvalue weighted by Crippen LogP contribution is 2.33. The zero-order valence-electron chi connectivity index (χ0n) is 11.6. The lowest BCUT2D eigenvalue weighted by molar-refractivity contribution is 0.217. The van der Waals surface area contributed by atoms with Crippen molar-refractivity contribution < 1.29 is 13.9 Å². The zero-order chi connectivity index (χ0) is 14.5. The Bertz CT molecular complexity index is 570. The average molecular weight is 275 g/mol. The number of hydrogen-bond donors (Lipinski definition) is 1. The molecule has 0 radical (unpaired) electrons. The van der Waals surface area contributed by atoms with Gasteiger partial charge in [-0.25, -0.2) is 4.39 Å². The van der Waals surface area contributed by atoms with E-state index in [1.165, 1.54) is 12.1 Å². The summed E-state index contributed by atoms with van der Waals surface area (Å²) in [6.07, 6.45) is -0.0721. The summed E-state index contributed by atoms with van der Waals surface area (Å²) in [7, 11) is 0. The fourth-order valence-electron chi connectivity index (χ4n) is 1.75. The predicted molar refractivity (Wildman–Crippen MR) is 77.4 cm³/mol. The summed E-state index contributed by atoms with van der Waals surface area (Å²) < 4.78 is 24.7. The van der Waals surface area contributed by atoms with Crippen LogP contribution < -0.4 is 15.2 Å². The number of nitrogens with two attached hydrogens (primary N) is 1. The van der Waals surface area contributed by atoms with Gasteiger partial charge in [-0.2, -0.15) is 0 Å². The largest absolute Gasteiger partial charge is 0.487 e. The lowest BCUT2D eigenvalue weighted by atomic mass is 10.2. The number of halogens is 1. The molecular weight excluding hydrogens is 257 g/mol. The molecule has 0 aliphatic heterocycles. The van der Waals surface area contributed by atoms with E-state index in [4.69, 9.17) is 15.2 Å². The molecule has 0 bridgehead atoms. The Morgan fingerprint density at radius 1 is 1.10 bits per heavy atom. The smallest absolute Gasteiger partial charge is 0.164 e. The van der Waals surface area contributed by atoms with Crippen LogP contribution in [0.15, 0.2) is 42.5 Å². The predicted octanol–water partition coefficient (Wildman–Crippen LogP) is 3.77. The molecule has 0 fully saturated rings. The Balaban J connectivity index is 2.19. The second-order valence-electron chi connectivity index (χ2n) is 4.76. The van der Waals surface area contributed by atoms with Crippen molar-refractivity contribution in [3.8, 4) is 11.5 Å². The first-order valence-corrected chi connectivity index (χ1v) is 6.48. The molecule has 20 heavy (non-hydrogen) atoms. The van der Waals surface area contributed by atoms with E-state index in [9.17, 15) is 4.39 Å². The molecule has 0 atom stereocenters. The van der Waals surface area contributed by atoms with Crippen LogP contribution >= 0.6 is 0 Å². The number of hydrogen-bond acceptors (Lipinski definition) is 3. The minimum atomic E-state index is -0.507. The van der Waals surface area contributed by atoms with E-state index >= 15 is 0 Å². The van der Waals surface area contributed by atoms with Crippen LogP contribution in [0.4, 0.5) is 10.1 Å². The minimum absolute atomic E-state index is 0.0455. The fourth-order valence-corrected chi connectivity index (χ4v) is 1.75. The molecule has 2 N–H and O–H groups in total. The maximum absolute atomic E-state index is 13.5. The highest BCUT2D eigenvalue weighted by molar-refractivity contribution is 5.53. The number of benzene rings is 2. The van der Waals surface area contributed by atoms with Gasteiger partial charge in [-0.3, -0.25) is 0 Å². The Labute approximate surface area is 118 Å². The molecule has 3 nitrogen and oxygen atoms in total. The number of ether oxygens (including phenoxy) is 2. The van der Waals surface area contributed by atoms with Crippen molar-refractivity contribution in [3.05, 3.63) is 53.8 Å². The van der Waals surface area contributed by atoms with Crippen LogP contribution in [-0.4, -0.2) is 6.10 Å². The van der Waals surface area contributed by atoms with E-state index in [1.54, 1.807) is 0 Å². The van der Waals surface area contributed by atoms with Crippen molar-refractivity contribution in [3.63, 3.8) is 0 Å². The molecule has 0 unspecified atom stereocenters. The number of anilines is 1. The highest BCUT2D eigenvalue weighted by Gasteiger charge is 2.12. The minimum Gasteiger partial charge on any atom is -0.487 e. The van der Waals surface area contributed by atoms with Gasteiger partial charge in [-0.05, 0) is 19.4 Å². The third-order valence-electron chi connectivity index (χ3n) is 2.66. The van der Waals surface area contributed by atoms with Crippen LogP contribution in [0.5, 0.6) is 11.5 Å². The van der Waals surface area contributed by atoms with Gasteiger partial charge in [0.25, 0.3) is 0 Å². The summed E-state index contributed by atoms with van der Waals surface area (Å²) >= 11 is 0. The van der Waals surface area contributed by atoms with E-state index < -0.39 is 5.82 Å². The number of nitrogen functional groups attached to an aromatic ring is 1. The van der Waals surface area contributed by atoms with E-state index in [2.05, 4.69) is 0 Å². The third-order valence-corrected chi connectivity index (χ3v) is 2.66. The molecule has 0 amide bonds. The van der Waals surface area contributed by atoms with E-state index in [1.807, 2.05) is 44.2 Å². The summed E-state index contributed by atoms with van der Waals surface area (Å²) in [5.41, 5.74) is 6.64. The Kier molecular flexibility index (Phi) is 4.45. The second-order valence-corrected chi connectivity index (χ2v) is 4.76. The van der Waals surface area contributed by atoms with Gasteiger partial charge in [0.1, 0.15) is 12.4 Å². The van der Waals surface area contributed by atoms with Crippen molar-refractivity contribution in [2.45, 2.75) is 26.6 Å². The average Bonchev–Trinajstić information content (AvgIpc) is 2.42. The molecule has 4 heteroatoms. The van der Waals surface area contributed by atoms with Crippen molar-refractivity contribution in [2.24, 2.45) is 0 Å². The van der Waals surface area contributed by atoms with Crippen molar-refractivity contribution in [1.82, 2.24) is 0 Å². The summed E-state index contributed by atoms with van der Waals surface area (Å²) in [5, 5.41) is 0. The van der Waals surface area contributed by atoms with Gasteiger partial charge in [-0.1, -0.05) is 30.3 Å². The Morgan fingerprint density at radius 2 is 1.80 bits per heavy atom. The first-order chi connectivity index (χ1) is 9.56. The lowest BCUT2D eigenvalue weighted by Crippen LogP contribution is -2.08. The standard InChI is InChI=1S/C16H18FNO2/c1-11(2)20-16-8-13(17)14(18)9-15(16)19-10-12-6-4-3-5-7-12/h3-9,11H,10,18H2,1-2H3. The van der Waals surface area contributed by atoms with Gasteiger partial charge in [0.15, 0.2) is 11.5 Å². The van der Waals surface area contributed by atoms with Gasteiger partial charge in [-0.15, -0.1) is 0 Å². The van der Waals surface area contributed by atoms with Crippen LogP contribution in [0, 0.1) is 5.82 Å². The molecular formula is C16H18FNO2. The molecule has 0 aliphatic rings. The SMILES string of the molecule is CC(C)Oc1cc(F)c(N)cc1OCc1ccccc1. The summed E-state index contributed by atoms with van der Waals surface area (Å²) in [6.45, 7) is 4.12. The molecule has 0 saturated carbocycles. The maximum Gasteiger partial charge on any atom is 0.164 e. The second kappa shape index (κ2) is 6.28. The summed E-state index contributed by atoms with van der Waals surface area (Å²) in [6, 6.07) is 12.4. The van der Waals surface area contributed by atoms with Gasteiger partial charge in [0.05, 0.1) is 11.8 Å². The third kappa shape index (κ3) is 3.63. The van der Waals surface area contributed by atoms with Crippen molar-refractivity contribution >= 4 is 5.69 Å². The molecule has 2 aromatic carbocycles. The Hall–Kier alpha value is -2.23. The topological polar surface area (TPSA) is 44.5 Å². The van der Waals surface area contributed by atoms with E-state index in [-0.39, 0.29) is 11.8 Å². The monoisotopic (exact) mass is 275 g/mol. The van der Waals surface area contributed by atoms with Crippen LogP contribution in [0.2, 0.25) is 0 Å². The maximum atomic E-state index is 13.5. The molecule has 0 spiro atoms. The van der Waals surface area contributed by atoms with Crippen LogP contribution in [0.25, 0.3) is 0 Å². The molecule has 2 rings (SSSR count). The number of rotatable bonds is 5. The lowest BCUT2D eigenvalue weighted by Gasteiger charge is -2.16. The van der Waals surface area contributed by atoms with E-state index in [0.717, 1.165) is 5.56 Å². The quantitative estimate of drug-likeness (QED) is 0.845. The van der Waals surface area contributed by atoms with Crippen LogP contribution in [0.3, 0.4) is 0 Å². The highest BCUT2D eigenvalue weighted by atomic mass is 19.1. The van der Waals surface area contributed by atoms with Crippen LogP contribution in [-0.2, 0) is 6.61 Å². The fraction of sp³-hybridized carbons (Fsp3) is 0.250. The molecule has 0 saturated heterocycles. The molecule has 0 aliphatic carbocycles. The van der Waals surface area contributed by atoms with Gasteiger partial charge in [0, 0.05) is 12.1 Å². The summed E-state index contributed by atoms with van der Waals surface area (Å²) in [4.78, 5) is 0. The summed E-state index contributed by atoms with van der Waals surface area (Å²) in [5.74, 6) is 0.303. The van der Waals surface area contributed by atoms with Gasteiger partial charge in [0.2, 0.25) is 0 Å². The first-order valence-electron chi connectivity index (χ1n) is 6.48. The van der Waals surface area contributed by atoms with Gasteiger partial charge >= 0.3 is 0 Å². The Morgan fingerprint density at radius 3 is 2.45 bits per heavy atom. The van der Waals surface area contributed by atoms with E-state index in [0.29, 0.717) is 18.1 Å². The normalized spacial score (nSPS) is 10.6. The van der Waals surface area contributed by atoms with Crippen molar-refractivity contribution in [2.75, 3.05) is 5.73 Å². The molecule has 0 heterocycles.